The molecule has 1 spiro atoms. The van der Waals surface area contributed by atoms with Crippen molar-refractivity contribution in [3.8, 4) is 11.5 Å². The number of rotatable bonds is 8. The minimum Gasteiger partial charge on any atom is -0.504 e. The Hall–Kier alpha value is -3.44. The molecule has 3 N–H and O–H groups in total. The molecule has 5 rings (SSSR count). The maximum atomic E-state index is 13.1. The number of piperidine rings is 1. The third-order valence-corrected chi connectivity index (χ3v) is 8.12. The van der Waals surface area contributed by atoms with Gasteiger partial charge in [0.2, 0.25) is 6.10 Å². The fourth-order valence-corrected chi connectivity index (χ4v) is 6.48. The molecule has 0 aromatic heterocycles. The number of nitrogens with zero attached hydrogens (tertiary/aromatic N) is 1. The Balaban J connectivity index is 1.46. The molecular formula is C26H29NO10. The smallest absolute Gasteiger partial charge is 0.353 e. The first-order valence-electron chi connectivity index (χ1n) is 12.2. The van der Waals surface area contributed by atoms with Crippen molar-refractivity contribution in [3.63, 3.8) is 0 Å². The van der Waals surface area contributed by atoms with Crippen LogP contribution in [0.1, 0.15) is 50.2 Å². The molecule has 4 aliphatic rings. The average Bonchev–Trinajstić information content (AvgIpc) is 3.19. The molecule has 11 nitrogen and oxygen atoms in total. The molecule has 2 aliphatic carbocycles. The summed E-state index contributed by atoms with van der Waals surface area (Å²) in [6.07, 6.45) is -1.08. The van der Waals surface area contributed by atoms with Crippen LogP contribution in [-0.2, 0) is 40.5 Å². The van der Waals surface area contributed by atoms with Gasteiger partial charge in [-0.25, -0.2) is 4.79 Å². The number of ketones is 1. The quantitative estimate of drug-likeness (QED) is 0.423. The second-order valence-corrected chi connectivity index (χ2v) is 10.3. The van der Waals surface area contributed by atoms with Crippen molar-refractivity contribution in [2.75, 3.05) is 13.6 Å². The van der Waals surface area contributed by atoms with Crippen LogP contribution in [0.3, 0.4) is 0 Å². The molecule has 1 saturated heterocycles. The monoisotopic (exact) mass is 515 g/mol. The Morgan fingerprint density at radius 2 is 2.00 bits per heavy atom. The third-order valence-electron chi connectivity index (χ3n) is 8.12. The highest BCUT2D eigenvalue weighted by Gasteiger charge is 2.72. The number of carbonyl (C=O) groups is 4. The lowest BCUT2D eigenvalue weighted by molar-refractivity contribution is -0.177. The number of aromatic hydroxyl groups is 1. The van der Waals surface area contributed by atoms with Crippen molar-refractivity contribution in [1.29, 1.82) is 0 Å². The molecule has 11 heteroatoms. The Labute approximate surface area is 212 Å². The largest absolute Gasteiger partial charge is 0.504 e. The molecule has 0 amide bonds. The third kappa shape index (κ3) is 3.79. The number of hydrogen-bond acceptors (Lipinski definition) is 10. The maximum absolute atomic E-state index is 13.1. The lowest BCUT2D eigenvalue weighted by Crippen LogP contribution is -2.74. The number of aliphatic hydroxyl groups is 1. The summed E-state index contributed by atoms with van der Waals surface area (Å²) in [6, 6.07) is 3.16. The number of phenols is 1. The highest BCUT2D eigenvalue weighted by atomic mass is 16.6. The van der Waals surface area contributed by atoms with Crippen LogP contribution in [0.4, 0.5) is 0 Å². The first-order chi connectivity index (χ1) is 17.5. The number of likely N-dealkylation sites (N-methyl/N-ethyl adjacent to an activating group) is 1. The fourth-order valence-electron chi connectivity index (χ4n) is 6.48. The van der Waals surface area contributed by atoms with Crippen molar-refractivity contribution in [2.24, 2.45) is 0 Å². The van der Waals surface area contributed by atoms with Crippen molar-refractivity contribution >= 4 is 23.7 Å². The fraction of sp³-hybridized carbons (Fsp3) is 0.538. The number of Topliss-reactive ketones (excluding diaryl/α,β-unsaturated/α-hetero) is 1. The van der Waals surface area contributed by atoms with Gasteiger partial charge in [-0.05, 0) is 51.1 Å². The molecule has 1 aromatic carbocycles. The SMILES string of the molecule is CC(=O)C[C@H](OC(=O)CCC(=O)O)C(=O)OC1=CC[C@@]2(O)[C@H]3Cc4ccc(O)c5c4[C@@]2(CCN3C)[C@H]1O5. The molecule has 1 fully saturated rings. The van der Waals surface area contributed by atoms with Gasteiger partial charge in [-0.3, -0.25) is 14.4 Å². The highest BCUT2D eigenvalue weighted by molar-refractivity contribution is 5.87. The number of phenolic OH excluding ortho intramolecular Hbond substituents is 1. The number of hydrogen-bond donors (Lipinski definition) is 3. The van der Waals surface area contributed by atoms with E-state index in [9.17, 15) is 29.4 Å². The molecule has 0 unspecified atom stereocenters. The van der Waals surface area contributed by atoms with E-state index in [1.165, 1.54) is 6.92 Å². The van der Waals surface area contributed by atoms with Crippen molar-refractivity contribution in [3.05, 3.63) is 35.1 Å². The summed E-state index contributed by atoms with van der Waals surface area (Å²) in [4.78, 5) is 49.9. The van der Waals surface area contributed by atoms with Crippen LogP contribution < -0.4 is 4.74 Å². The van der Waals surface area contributed by atoms with Gasteiger partial charge in [0.05, 0.1) is 30.3 Å². The Morgan fingerprint density at radius 3 is 2.70 bits per heavy atom. The van der Waals surface area contributed by atoms with Crippen molar-refractivity contribution in [2.45, 2.75) is 74.7 Å². The van der Waals surface area contributed by atoms with E-state index in [1.54, 1.807) is 12.1 Å². The van der Waals surface area contributed by atoms with Gasteiger partial charge in [0, 0.05) is 18.0 Å². The van der Waals surface area contributed by atoms with Gasteiger partial charge < -0.3 is 34.4 Å². The second-order valence-electron chi connectivity index (χ2n) is 10.3. The molecule has 2 heterocycles. The van der Waals surface area contributed by atoms with Gasteiger partial charge >= 0.3 is 17.9 Å². The van der Waals surface area contributed by atoms with Gasteiger partial charge in [-0.2, -0.15) is 0 Å². The van der Waals surface area contributed by atoms with E-state index < -0.39 is 66.2 Å². The van der Waals surface area contributed by atoms with Gasteiger partial charge in [0.1, 0.15) is 11.5 Å². The van der Waals surface area contributed by atoms with Crippen LogP contribution in [0.2, 0.25) is 0 Å². The standard InChI is InChI=1S/C26H29NO10/c1-13(28)11-17(35-20(32)6-5-19(30)31)24(33)36-16-7-8-26(34)18-12-14-3-4-15(29)22-21(14)25(26,23(16)37-22)9-10-27(18)2/h3-4,7,17-18,23,29,34H,5-6,8-12H2,1-2H3,(H,30,31)/t17-,18+,23-,25-,26+/m0/s1. The number of carboxylic acids is 1. The minimum absolute atomic E-state index is 0.0743. The van der Waals surface area contributed by atoms with Crippen LogP contribution in [0.15, 0.2) is 24.0 Å². The van der Waals surface area contributed by atoms with Gasteiger partial charge in [-0.15, -0.1) is 0 Å². The van der Waals surface area contributed by atoms with E-state index in [4.69, 9.17) is 19.3 Å². The van der Waals surface area contributed by atoms with E-state index in [-0.39, 0.29) is 29.7 Å². The molecule has 1 aromatic rings. The number of carboxylic acid groups (broad SMARTS) is 1. The normalized spacial score (nSPS) is 29.9. The zero-order chi connectivity index (χ0) is 26.7. The summed E-state index contributed by atoms with van der Waals surface area (Å²) in [5.74, 6) is -3.29. The van der Waals surface area contributed by atoms with E-state index >= 15 is 0 Å². The maximum Gasteiger partial charge on any atom is 0.353 e. The summed E-state index contributed by atoms with van der Waals surface area (Å²) in [7, 11) is 1.96. The molecule has 2 bridgehead atoms. The summed E-state index contributed by atoms with van der Waals surface area (Å²) < 4.78 is 17.0. The van der Waals surface area contributed by atoms with Gasteiger partial charge in [-0.1, -0.05) is 6.07 Å². The average molecular weight is 516 g/mol. The highest BCUT2D eigenvalue weighted by Crippen LogP contribution is 2.65. The Bertz CT molecular complexity index is 1220. The van der Waals surface area contributed by atoms with Crippen LogP contribution in [0.25, 0.3) is 0 Å². The van der Waals surface area contributed by atoms with Crippen LogP contribution >= 0.6 is 0 Å². The number of aliphatic carboxylic acids is 1. The number of benzene rings is 1. The molecule has 198 valence electrons. The molecule has 0 saturated carbocycles. The summed E-state index contributed by atoms with van der Waals surface area (Å²) in [5.41, 5.74) is -0.531. The predicted octanol–water partition coefficient (Wildman–Crippen LogP) is 0.969. The molecule has 2 aliphatic heterocycles. The van der Waals surface area contributed by atoms with E-state index in [2.05, 4.69) is 4.90 Å². The number of ether oxygens (including phenoxy) is 3. The van der Waals surface area contributed by atoms with Crippen LogP contribution in [0.5, 0.6) is 11.5 Å². The first-order valence-corrected chi connectivity index (χ1v) is 12.2. The summed E-state index contributed by atoms with van der Waals surface area (Å²) in [6.45, 7) is 1.88. The Morgan fingerprint density at radius 1 is 1.24 bits per heavy atom. The van der Waals surface area contributed by atoms with Gasteiger partial charge in [0.25, 0.3) is 0 Å². The van der Waals surface area contributed by atoms with Crippen molar-refractivity contribution in [1.82, 2.24) is 4.90 Å². The predicted molar refractivity (Wildman–Crippen MR) is 125 cm³/mol. The van der Waals surface area contributed by atoms with E-state index in [1.807, 2.05) is 13.1 Å². The topological polar surface area (TPSA) is 160 Å². The zero-order valence-corrected chi connectivity index (χ0v) is 20.6. The lowest BCUT2D eigenvalue weighted by Gasteiger charge is -2.61. The molecule has 37 heavy (non-hydrogen) atoms. The van der Waals surface area contributed by atoms with Crippen molar-refractivity contribution < 1.29 is 48.7 Å². The summed E-state index contributed by atoms with van der Waals surface area (Å²) >= 11 is 0. The van der Waals surface area contributed by atoms with Crippen LogP contribution in [0, 0.1) is 0 Å². The number of carbonyl (C=O) groups excluding carboxylic acids is 3. The van der Waals surface area contributed by atoms with E-state index in [0.29, 0.717) is 19.4 Å². The van der Waals surface area contributed by atoms with Crippen LogP contribution in [-0.4, -0.2) is 81.4 Å². The molecule has 5 atom stereocenters. The Kier molecular flexibility index (Phi) is 6.03. The zero-order valence-electron chi connectivity index (χ0n) is 20.6. The molecular weight excluding hydrogens is 486 g/mol. The minimum atomic E-state index is -1.57. The molecule has 0 radical (unpaired) electrons. The van der Waals surface area contributed by atoms with Gasteiger partial charge in [0.15, 0.2) is 17.6 Å². The number of likely N-dealkylation sites (tertiary alicyclic amines) is 1. The lowest BCUT2D eigenvalue weighted by atomic mass is 9.50. The first kappa shape index (κ1) is 25.2. The summed E-state index contributed by atoms with van der Waals surface area (Å²) in [5, 5.41) is 31.5. The number of esters is 2. The van der Waals surface area contributed by atoms with E-state index in [0.717, 1.165) is 11.1 Å². The second kappa shape index (κ2) is 8.84.